The summed E-state index contributed by atoms with van der Waals surface area (Å²) >= 11 is 0. The zero-order valence-corrected chi connectivity index (χ0v) is 11.6. The maximum absolute atomic E-state index is 10.9. The van der Waals surface area contributed by atoms with Crippen LogP contribution >= 0.6 is 0 Å². The van der Waals surface area contributed by atoms with Gasteiger partial charge in [-0.05, 0) is 30.5 Å². The smallest absolute Gasteiger partial charge is 0.0802 e. The Balaban J connectivity index is 1.95. The van der Waals surface area contributed by atoms with Crippen LogP contribution in [-0.4, -0.2) is 23.8 Å². The quantitative estimate of drug-likeness (QED) is 0.892. The molecule has 0 amide bonds. The third-order valence-electron chi connectivity index (χ3n) is 4.17. The van der Waals surface area contributed by atoms with Crippen LogP contribution in [0.2, 0.25) is 0 Å². The Kier molecular flexibility index (Phi) is 4.14. The number of nitrogens with one attached hydrogen (secondary N) is 1. The van der Waals surface area contributed by atoms with Gasteiger partial charge in [0.05, 0.1) is 6.10 Å². The molecule has 20 heavy (non-hydrogen) atoms. The molecule has 1 aliphatic rings. The van der Waals surface area contributed by atoms with Crippen molar-refractivity contribution in [1.29, 1.82) is 0 Å². The molecular weight excluding hydrogens is 246 g/mol. The second-order valence-electron chi connectivity index (χ2n) is 5.49. The molecule has 0 radical (unpaired) electrons. The van der Waals surface area contributed by atoms with E-state index in [4.69, 9.17) is 0 Å². The Hall–Kier alpha value is -1.64. The molecule has 3 rings (SSSR count). The summed E-state index contributed by atoms with van der Waals surface area (Å²) in [7, 11) is 0. The van der Waals surface area contributed by atoms with Crippen molar-refractivity contribution in [2.24, 2.45) is 0 Å². The average Bonchev–Trinajstić information content (AvgIpc) is 3.04. The number of benzene rings is 2. The maximum atomic E-state index is 10.9. The lowest BCUT2D eigenvalue weighted by Gasteiger charge is -2.28. The Bertz CT molecular complexity index is 480. The Morgan fingerprint density at radius 3 is 1.90 bits per heavy atom. The SMILES string of the molecule is OC(C(c1ccccc1)c1ccccc1)[C@@H]1CCCN1. The fourth-order valence-electron chi connectivity index (χ4n) is 3.14. The number of rotatable bonds is 4. The van der Waals surface area contributed by atoms with Crippen molar-refractivity contribution in [1.82, 2.24) is 5.32 Å². The van der Waals surface area contributed by atoms with Gasteiger partial charge in [0.1, 0.15) is 0 Å². The second kappa shape index (κ2) is 6.21. The van der Waals surface area contributed by atoms with Crippen LogP contribution in [-0.2, 0) is 0 Å². The minimum Gasteiger partial charge on any atom is -0.391 e. The molecule has 2 aromatic rings. The molecule has 104 valence electrons. The van der Waals surface area contributed by atoms with Gasteiger partial charge >= 0.3 is 0 Å². The van der Waals surface area contributed by atoms with Gasteiger partial charge < -0.3 is 10.4 Å². The van der Waals surface area contributed by atoms with E-state index < -0.39 is 0 Å². The van der Waals surface area contributed by atoms with E-state index in [-0.39, 0.29) is 18.1 Å². The zero-order chi connectivity index (χ0) is 13.8. The van der Waals surface area contributed by atoms with Crippen LogP contribution in [0.15, 0.2) is 60.7 Å². The molecule has 1 heterocycles. The normalized spacial score (nSPS) is 20.2. The summed E-state index contributed by atoms with van der Waals surface area (Å²) in [4.78, 5) is 0. The topological polar surface area (TPSA) is 32.3 Å². The van der Waals surface area contributed by atoms with Gasteiger partial charge in [-0.25, -0.2) is 0 Å². The lowest BCUT2D eigenvalue weighted by molar-refractivity contribution is 0.119. The first kappa shape index (κ1) is 13.3. The van der Waals surface area contributed by atoms with E-state index in [1.54, 1.807) is 0 Å². The highest BCUT2D eigenvalue weighted by molar-refractivity contribution is 5.34. The molecule has 1 aliphatic heterocycles. The highest BCUT2D eigenvalue weighted by atomic mass is 16.3. The number of hydrogen-bond donors (Lipinski definition) is 2. The highest BCUT2D eigenvalue weighted by Crippen LogP contribution is 2.31. The third kappa shape index (κ3) is 2.77. The van der Waals surface area contributed by atoms with Crippen molar-refractivity contribution in [3.63, 3.8) is 0 Å². The molecule has 0 aliphatic carbocycles. The van der Waals surface area contributed by atoms with E-state index in [9.17, 15) is 5.11 Å². The average molecular weight is 267 g/mol. The molecule has 2 heteroatoms. The molecule has 1 fully saturated rings. The first-order chi connectivity index (χ1) is 9.86. The van der Waals surface area contributed by atoms with Gasteiger partial charge in [0, 0.05) is 12.0 Å². The molecule has 0 saturated carbocycles. The third-order valence-corrected chi connectivity index (χ3v) is 4.17. The summed E-state index contributed by atoms with van der Waals surface area (Å²) in [6.45, 7) is 1.01. The molecule has 0 bridgehead atoms. The van der Waals surface area contributed by atoms with Crippen molar-refractivity contribution in [2.45, 2.75) is 30.9 Å². The first-order valence-corrected chi connectivity index (χ1v) is 7.37. The largest absolute Gasteiger partial charge is 0.391 e. The van der Waals surface area contributed by atoms with Gasteiger partial charge in [0.15, 0.2) is 0 Å². The van der Waals surface area contributed by atoms with E-state index in [2.05, 4.69) is 29.6 Å². The van der Waals surface area contributed by atoms with Crippen LogP contribution in [0.1, 0.15) is 29.9 Å². The summed E-state index contributed by atoms with van der Waals surface area (Å²) in [5.74, 6) is 0.0352. The molecule has 0 aromatic heterocycles. The lowest BCUT2D eigenvalue weighted by atomic mass is 9.83. The van der Waals surface area contributed by atoms with Crippen molar-refractivity contribution < 1.29 is 5.11 Å². The minimum absolute atomic E-state index is 0.0352. The summed E-state index contributed by atoms with van der Waals surface area (Å²) in [6, 6.07) is 20.8. The van der Waals surface area contributed by atoms with Crippen molar-refractivity contribution in [3.8, 4) is 0 Å². The van der Waals surface area contributed by atoms with Gasteiger partial charge in [-0.1, -0.05) is 60.7 Å². The van der Waals surface area contributed by atoms with Crippen LogP contribution < -0.4 is 5.32 Å². The van der Waals surface area contributed by atoms with Gasteiger partial charge in [0.2, 0.25) is 0 Å². The van der Waals surface area contributed by atoms with Gasteiger partial charge in [0.25, 0.3) is 0 Å². The van der Waals surface area contributed by atoms with Crippen LogP contribution in [0, 0.1) is 0 Å². The van der Waals surface area contributed by atoms with E-state index in [0.29, 0.717) is 0 Å². The van der Waals surface area contributed by atoms with Crippen LogP contribution in [0.3, 0.4) is 0 Å². The van der Waals surface area contributed by atoms with E-state index in [0.717, 1.165) is 19.4 Å². The first-order valence-electron chi connectivity index (χ1n) is 7.37. The van der Waals surface area contributed by atoms with E-state index in [1.165, 1.54) is 11.1 Å². The lowest BCUT2D eigenvalue weighted by Crippen LogP contribution is -2.39. The maximum Gasteiger partial charge on any atom is 0.0802 e. The fourth-order valence-corrected chi connectivity index (χ4v) is 3.14. The predicted molar refractivity (Wildman–Crippen MR) is 81.8 cm³/mol. The Morgan fingerprint density at radius 2 is 1.45 bits per heavy atom. The van der Waals surface area contributed by atoms with Crippen LogP contribution in [0.5, 0.6) is 0 Å². The molecule has 1 unspecified atom stereocenters. The van der Waals surface area contributed by atoms with Gasteiger partial charge in [-0.15, -0.1) is 0 Å². The minimum atomic E-state index is -0.387. The number of aliphatic hydroxyl groups is 1. The van der Waals surface area contributed by atoms with E-state index in [1.807, 2.05) is 36.4 Å². The van der Waals surface area contributed by atoms with Crippen LogP contribution in [0.4, 0.5) is 0 Å². The Morgan fingerprint density at radius 1 is 0.900 bits per heavy atom. The summed E-state index contributed by atoms with van der Waals surface area (Å²) in [5.41, 5.74) is 2.36. The monoisotopic (exact) mass is 267 g/mol. The Labute approximate surface area is 120 Å². The van der Waals surface area contributed by atoms with Crippen molar-refractivity contribution >= 4 is 0 Å². The van der Waals surface area contributed by atoms with Crippen LogP contribution in [0.25, 0.3) is 0 Å². The highest BCUT2D eigenvalue weighted by Gasteiger charge is 2.31. The summed E-state index contributed by atoms with van der Waals surface area (Å²) in [5, 5.41) is 14.3. The van der Waals surface area contributed by atoms with Crippen molar-refractivity contribution in [2.75, 3.05) is 6.54 Å². The molecule has 2 aromatic carbocycles. The molecule has 2 nitrogen and oxygen atoms in total. The number of hydrogen-bond acceptors (Lipinski definition) is 2. The zero-order valence-electron chi connectivity index (χ0n) is 11.6. The number of aliphatic hydroxyl groups excluding tert-OH is 1. The second-order valence-corrected chi connectivity index (χ2v) is 5.49. The fraction of sp³-hybridized carbons (Fsp3) is 0.333. The molecule has 2 N–H and O–H groups in total. The van der Waals surface area contributed by atoms with E-state index >= 15 is 0 Å². The molecule has 2 atom stereocenters. The predicted octanol–water partition coefficient (Wildman–Crippen LogP) is 2.93. The molecule has 1 saturated heterocycles. The van der Waals surface area contributed by atoms with Gasteiger partial charge in [-0.2, -0.15) is 0 Å². The standard InChI is InChI=1S/C18H21NO/c20-18(16-12-7-13-19-16)17(14-8-3-1-4-9-14)15-10-5-2-6-11-15/h1-6,8-11,16-20H,7,12-13H2/t16-,18?/m0/s1. The summed E-state index contributed by atoms with van der Waals surface area (Å²) in [6.07, 6.45) is 1.82. The van der Waals surface area contributed by atoms with Crippen molar-refractivity contribution in [3.05, 3.63) is 71.8 Å². The molecule has 0 spiro atoms. The van der Waals surface area contributed by atoms with Gasteiger partial charge in [-0.3, -0.25) is 0 Å². The summed E-state index contributed by atoms with van der Waals surface area (Å²) < 4.78 is 0. The molecular formula is C18H21NO.